The van der Waals surface area contributed by atoms with Gasteiger partial charge in [-0.1, -0.05) is 26.0 Å². The molecule has 1 fully saturated rings. The van der Waals surface area contributed by atoms with E-state index in [-0.39, 0.29) is 17.9 Å². The maximum absolute atomic E-state index is 12.5. The Labute approximate surface area is 169 Å². The Bertz CT molecular complexity index is 792. The van der Waals surface area contributed by atoms with Gasteiger partial charge in [-0.3, -0.25) is 14.5 Å². The molecule has 2 aromatic rings. The first-order valence-corrected chi connectivity index (χ1v) is 10.5. The van der Waals surface area contributed by atoms with Crippen LogP contribution in [0.1, 0.15) is 33.9 Å². The van der Waals surface area contributed by atoms with Gasteiger partial charge in [0.1, 0.15) is 0 Å². The van der Waals surface area contributed by atoms with Gasteiger partial charge in [0.05, 0.1) is 17.6 Å². The summed E-state index contributed by atoms with van der Waals surface area (Å²) >= 11 is 1.38. The summed E-state index contributed by atoms with van der Waals surface area (Å²) in [6, 6.07) is 10.6. The molecule has 0 radical (unpaired) electrons. The van der Waals surface area contributed by atoms with Crippen molar-refractivity contribution >= 4 is 28.8 Å². The van der Waals surface area contributed by atoms with E-state index >= 15 is 0 Å². The number of nitrogens with one attached hydrogen (secondary N) is 2. The molecule has 1 aromatic heterocycles. The number of benzene rings is 1. The largest absolute Gasteiger partial charge is 0.374 e. The number of thiophene rings is 1. The van der Waals surface area contributed by atoms with E-state index in [1.807, 2.05) is 11.4 Å². The van der Waals surface area contributed by atoms with Crippen molar-refractivity contribution in [2.45, 2.75) is 20.0 Å². The number of morpholine rings is 1. The van der Waals surface area contributed by atoms with Gasteiger partial charge in [-0.2, -0.15) is 0 Å². The van der Waals surface area contributed by atoms with Gasteiger partial charge in [-0.15, -0.1) is 11.3 Å². The molecule has 150 valence electrons. The number of nitrogens with zero attached hydrogens (tertiary/aromatic N) is 1. The smallest absolute Gasteiger partial charge is 0.265 e. The lowest BCUT2D eigenvalue weighted by Crippen LogP contribution is -2.48. The average molecular weight is 402 g/mol. The zero-order valence-corrected chi connectivity index (χ0v) is 17.1. The standard InChI is InChI=1S/C21H27N3O3S/c1-15(2)13-24-8-9-27-18(14-24)12-22-20(25)16-5-3-6-17(11-16)23-21(26)19-7-4-10-28-19/h3-7,10-11,15,18H,8-9,12-14H2,1-2H3,(H,22,25)(H,23,26). The van der Waals surface area contributed by atoms with Gasteiger partial charge in [-0.25, -0.2) is 0 Å². The lowest BCUT2D eigenvalue weighted by molar-refractivity contribution is -0.0295. The molecular weight excluding hydrogens is 374 g/mol. The van der Waals surface area contributed by atoms with Crippen LogP contribution in [0, 0.1) is 5.92 Å². The lowest BCUT2D eigenvalue weighted by Gasteiger charge is -2.33. The van der Waals surface area contributed by atoms with Gasteiger partial charge < -0.3 is 15.4 Å². The van der Waals surface area contributed by atoms with E-state index in [0.717, 1.165) is 19.6 Å². The maximum Gasteiger partial charge on any atom is 0.265 e. The molecule has 3 rings (SSSR count). The van der Waals surface area contributed by atoms with E-state index in [1.54, 1.807) is 30.3 Å². The molecule has 28 heavy (non-hydrogen) atoms. The van der Waals surface area contributed by atoms with Gasteiger partial charge in [-0.05, 0) is 35.6 Å². The van der Waals surface area contributed by atoms with E-state index in [0.29, 0.717) is 35.2 Å². The third-order valence-electron chi connectivity index (χ3n) is 4.46. The topological polar surface area (TPSA) is 70.7 Å². The molecule has 1 atom stereocenters. The highest BCUT2D eigenvalue weighted by atomic mass is 32.1. The van der Waals surface area contributed by atoms with Crippen molar-refractivity contribution in [3.63, 3.8) is 0 Å². The Morgan fingerprint density at radius 3 is 2.86 bits per heavy atom. The Morgan fingerprint density at radius 2 is 2.11 bits per heavy atom. The first-order valence-electron chi connectivity index (χ1n) is 9.58. The van der Waals surface area contributed by atoms with Crippen LogP contribution in [0.4, 0.5) is 5.69 Å². The van der Waals surface area contributed by atoms with E-state index < -0.39 is 0 Å². The summed E-state index contributed by atoms with van der Waals surface area (Å²) in [6.45, 7) is 8.38. The fourth-order valence-electron chi connectivity index (χ4n) is 3.23. The number of anilines is 1. The van der Waals surface area contributed by atoms with Crippen LogP contribution in [0.2, 0.25) is 0 Å². The molecule has 0 aliphatic carbocycles. The first kappa shape index (κ1) is 20.5. The van der Waals surface area contributed by atoms with E-state index in [9.17, 15) is 9.59 Å². The predicted octanol–water partition coefficient (Wildman–Crippen LogP) is 3.09. The molecule has 1 aromatic carbocycles. The minimum atomic E-state index is -0.173. The zero-order chi connectivity index (χ0) is 19.9. The second-order valence-corrected chi connectivity index (χ2v) is 8.32. The fourth-order valence-corrected chi connectivity index (χ4v) is 3.85. The van der Waals surface area contributed by atoms with Gasteiger partial charge in [0.15, 0.2) is 0 Å². The number of rotatable bonds is 7. The summed E-state index contributed by atoms with van der Waals surface area (Å²) in [4.78, 5) is 27.7. The van der Waals surface area contributed by atoms with Crippen LogP contribution in [-0.4, -0.2) is 55.6 Å². The van der Waals surface area contributed by atoms with Crippen LogP contribution in [0.5, 0.6) is 0 Å². The molecule has 0 saturated carbocycles. The highest BCUT2D eigenvalue weighted by Gasteiger charge is 2.21. The minimum absolute atomic E-state index is 0.00170. The molecule has 2 heterocycles. The van der Waals surface area contributed by atoms with Gasteiger partial charge in [0.25, 0.3) is 11.8 Å². The lowest BCUT2D eigenvalue weighted by atomic mass is 10.1. The summed E-state index contributed by atoms with van der Waals surface area (Å²) in [7, 11) is 0. The summed E-state index contributed by atoms with van der Waals surface area (Å²) < 4.78 is 5.78. The third-order valence-corrected chi connectivity index (χ3v) is 5.33. The minimum Gasteiger partial charge on any atom is -0.374 e. The molecule has 0 bridgehead atoms. The van der Waals surface area contributed by atoms with Crippen LogP contribution in [0.15, 0.2) is 41.8 Å². The Morgan fingerprint density at radius 1 is 1.25 bits per heavy atom. The first-order chi connectivity index (χ1) is 13.5. The number of hydrogen-bond donors (Lipinski definition) is 2. The number of carbonyl (C=O) groups is 2. The number of amides is 2. The molecule has 2 N–H and O–H groups in total. The number of hydrogen-bond acceptors (Lipinski definition) is 5. The SMILES string of the molecule is CC(C)CN1CCOC(CNC(=O)c2cccc(NC(=O)c3cccs3)c2)C1. The summed E-state index contributed by atoms with van der Waals surface area (Å²) in [6.07, 6.45) is -0.00170. The monoisotopic (exact) mass is 401 g/mol. The molecule has 1 unspecified atom stereocenters. The molecular formula is C21H27N3O3S. The molecule has 0 spiro atoms. The second kappa shape index (κ2) is 9.82. The maximum atomic E-state index is 12.5. The van der Waals surface area contributed by atoms with E-state index in [4.69, 9.17) is 4.74 Å². The Balaban J connectivity index is 1.52. The Kier molecular flexibility index (Phi) is 7.19. The van der Waals surface area contributed by atoms with Crippen LogP contribution in [0.3, 0.4) is 0 Å². The van der Waals surface area contributed by atoms with Crippen LogP contribution >= 0.6 is 11.3 Å². The summed E-state index contributed by atoms with van der Waals surface area (Å²) in [5, 5.41) is 7.63. The molecule has 2 amide bonds. The molecule has 1 saturated heterocycles. The predicted molar refractivity (Wildman–Crippen MR) is 112 cm³/mol. The molecule has 6 nitrogen and oxygen atoms in total. The highest BCUT2D eigenvalue weighted by Crippen LogP contribution is 2.15. The van der Waals surface area contributed by atoms with Gasteiger partial charge in [0.2, 0.25) is 0 Å². The van der Waals surface area contributed by atoms with Crippen LogP contribution in [0.25, 0.3) is 0 Å². The van der Waals surface area contributed by atoms with Crippen molar-refractivity contribution in [1.82, 2.24) is 10.2 Å². The highest BCUT2D eigenvalue weighted by molar-refractivity contribution is 7.12. The van der Waals surface area contributed by atoms with E-state index in [2.05, 4.69) is 29.4 Å². The van der Waals surface area contributed by atoms with Crippen LogP contribution < -0.4 is 10.6 Å². The fraction of sp³-hybridized carbons (Fsp3) is 0.429. The molecule has 1 aliphatic rings. The van der Waals surface area contributed by atoms with Crippen molar-refractivity contribution in [3.05, 3.63) is 52.2 Å². The summed E-state index contributed by atoms with van der Waals surface area (Å²) in [5.74, 6) is 0.269. The van der Waals surface area contributed by atoms with Crippen molar-refractivity contribution in [1.29, 1.82) is 0 Å². The quantitative estimate of drug-likeness (QED) is 0.748. The van der Waals surface area contributed by atoms with Crippen molar-refractivity contribution in [2.75, 3.05) is 38.1 Å². The number of carbonyl (C=O) groups excluding carboxylic acids is 2. The Hall–Kier alpha value is -2.22. The van der Waals surface area contributed by atoms with Crippen LogP contribution in [-0.2, 0) is 4.74 Å². The van der Waals surface area contributed by atoms with Crippen molar-refractivity contribution in [2.24, 2.45) is 5.92 Å². The van der Waals surface area contributed by atoms with E-state index in [1.165, 1.54) is 11.3 Å². The average Bonchev–Trinajstić information content (AvgIpc) is 3.21. The molecule has 1 aliphatic heterocycles. The second-order valence-electron chi connectivity index (χ2n) is 7.37. The molecule has 7 heteroatoms. The third kappa shape index (κ3) is 5.89. The summed E-state index contributed by atoms with van der Waals surface area (Å²) in [5.41, 5.74) is 1.11. The van der Waals surface area contributed by atoms with Crippen molar-refractivity contribution in [3.8, 4) is 0 Å². The van der Waals surface area contributed by atoms with Gasteiger partial charge in [0, 0.05) is 37.4 Å². The van der Waals surface area contributed by atoms with Gasteiger partial charge >= 0.3 is 0 Å². The van der Waals surface area contributed by atoms with Crippen molar-refractivity contribution < 1.29 is 14.3 Å². The number of ether oxygens (including phenoxy) is 1. The zero-order valence-electron chi connectivity index (χ0n) is 16.3. The normalized spacial score (nSPS) is 17.5.